The highest BCUT2D eigenvalue weighted by molar-refractivity contribution is 8.63. The minimum absolute atomic E-state index is 0.0714. The molecule has 1 aromatic carbocycles. The highest BCUT2D eigenvalue weighted by Gasteiger charge is 2.32. The third-order valence-electron chi connectivity index (χ3n) is 3.08. The van der Waals surface area contributed by atoms with Gasteiger partial charge in [-0.1, -0.05) is 33.1 Å². The largest absolute Gasteiger partial charge is 0.278 e. The van der Waals surface area contributed by atoms with E-state index >= 15 is 0 Å². The Morgan fingerprint density at radius 3 is 2.79 bits per heavy atom. The van der Waals surface area contributed by atoms with Gasteiger partial charge in [-0.05, 0) is 24.6 Å². The van der Waals surface area contributed by atoms with E-state index in [9.17, 15) is 9.59 Å². The van der Waals surface area contributed by atoms with Crippen molar-refractivity contribution < 1.29 is 9.59 Å². The Bertz CT molecular complexity index is 520. The molecule has 0 aromatic heterocycles. The number of hydrogen-bond donors (Lipinski definition) is 0. The SMILES string of the molecule is CCCN1C(=O)Cc2cccc(P(P)PP)c2C1=O. The van der Waals surface area contributed by atoms with Crippen LogP contribution in [0.15, 0.2) is 18.2 Å². The second-order valence-electron chi connectivity index (χ2n) is 4.34. The van der Waals surface area contributed by atoms with E-state index in [1.54, 1.807) is 0 Å². The van der Waals surface area contributed by atoms with E-state index in [-0.39, 0.29) is 11.8 Å². The van der Waals surface area contributed by atoms with Gasteiger partial charge in [0.25, 0.3) is 5.91 Å². The third-order valence-corrected chi connectivity index (χ3v) is 13.2. The standard InChI is InChI=1S/C12H17NO2P4/c1-2-6-13-10(14)7-8-4-3-5-9(19(17)18-16)11(8)12(13)15/h3-5,18H,2,6-7,16-17H2,1H3. The van der Waals surface area contributed by atoms with Crippen LogP contribution < -0.4 is 5.30 Å². The first kappa shape index (κ1) is 15.5. The Kier molecular flexibility index (Phi) is 5.45. The van der Waals surface area contributed by atoms with Crippen LogP contribution in [0.5, 0.6) is 0 Å². The summed E-state index contributed by atoms with van der Waals surface area (Å²) in [5.41, 5.74) is 1.66. The molecule has 7 heteroatoms. The Balaban J connectivity index is 2.49. The minimum Gasteiger partial charge on any atom is -0.278 e. The predicted molar refractivity (Wildman–Crippen MR) is 90.8 cm³/mol. The lowest BCUT2D eigenvalue weighted by Crippen LogP contribution is -2.44. The number of rotatable bonds is 4. The molecule has 0 aliphatic carbocycles. The molecule has 19 heavy (non-hydrogen) atoms. The highest BCUT2D eigenvalue weighted by Crippen LogP contribution is 2.65. The van der Waals surface area contributed by atoms with Gasteiger partial charge in [0.2, 0.25) is 5.91 Å². The second kappa shape index (κ2) is 6.69. The first-order chi connectivity index (χ1) is 9.10. The molecule has 102 valence electrons. The fourth-order valence-electron chi connectivity index (χ4n) is 2.21. The van der Waals surface area contributed by atoms with Crippen LogP contribution in [0.4, 0.5) is 0 Å². The summed E-state index contributed by atoms with van der Waals surface area (Å²) < 4.78 is 0. The van der Waals surface area contributed by atoms with Crippen LogP contribution in [-0.4, -0.2) is 23.3 Å². The molecule has 0 saturated heterocycles. The number of carbonyl (C=O) groups is 2. The van der Waals surface area contributed by atoms with Crippen molar-refractivity contribution in [1.29, 1.82) is 0 Å². The van der Waals surface area contributed by atoms with Crippen molar-refractivity contribution in [2.24, 2.45) is 0 Å². The first-order valence-electron chi connectivity index (χ1n) is 6.07. The van der Waals surface area contributed by atoms with Gasteiger partial charge in [-0.2, -0.15) is 0 Å². The summed E-state index contributed by atoms with van der Waals surface area (Å²) in [6.45, 7) is 2.50. The minimum atomic E-state index is -0.409. The molecule has 4 atom stereocenters. The summed E-state index contributed by atoms with van der Waals surface area (Å²) in [6, 6.07) is 5.87. The highest BCUT2D eigenvalue weighted by atomic mass is 32.6. The maximum atomic E-state index is 12.6. The molecule has 1 aromatic rings. The molecule has 0 saturated carbocycles. The lowest BCUT2D eigenvalue weighted by atomic mass is 9.98. The van der Waals surface area contributed by atoms with Crippen molar-refractivity contribution in [3.63, 3.8) is 0 Å². The van der Waals surface area contributed by atoms with Gasteiger partial charge >= 0.3 is 0 Å². The van der Waals surface area contributed by atoms with Crippen molar-refractivity contribution in [3.8, 4) is 0 Å². The maximum absolute atomic E-state index is 12.6. The van der Waals surface area contributed by atoms with E-state index in [1.165, 1.54) is 4.90 Å². The molecule has 0 bridgehead atoms. The summed E-state index contributed by atoms with van der Waals surface area (Å²) in [5.74, 6) is -0.181. The fourth-order valence-corrected chi connectivity index (χ4v) is 5.95. The quantitative estimate of drug-likeness (QED) is 0.628. The lowest BCUT2D eigenvalue weighted by molar-refractivity contribution is -0.128. The number of nitrogens with zero attached hydrogens (tertiary/aromatic N) is 1. The smallest absolute Gasteiger partial charge is 0.261 e. The molecule has 3 nitrogen and oxygen atoms in total. The van der Waals surface area contributed by atoms with Crippen LogP contribution in [0.1, 0.15) is 29.3 Å². The average molecular weight is 331 g/mol. The van der Waals surface area contributed by atoms with Crippen LogP contribution in [0, 0.1) is 0 Å². The Labute approximate surface area is 120 Å². The van der Waals surface area contributed by atoms with Crippen molar-refractivity contribution in [1.82, 2.24) is 4.90 Å². The van der Waals surface area contributed by atoms with Gasteiger partial charge in [-0.25, -0.2) is 0 Å². The molecule has 0 fully saturated rings. The number of hydrogen-bond acceptors (Lipinski definition) is 2. The van der Waals surface area contributed by atoms with E-state index in [0.717, 1.165) is 22.9 Å². The Hall–Kier alpha value is 0.0800. The zero-order chi connectivity index (χ0) is 14.0. The lowest BCUT2D eigenvalue weighted by Gasteiger charge is -2.29. The summed E-state index contributed by atoms with van der Waals surface area (Å²) in [4.78, 5) is 26.0. The Morgan fingerprint density at radius 1 is 1.42 bits per heavy atom. The molecule has 1 aliphatic rings. The number of amides is 2. The molecule has 2 amide bonds. The van der Waals surface area contributed by atoms with Crippen molar-refractivity contribution in [3.05, 3.63) is 29.3 Å². The Morgan fingerprint density at radius 2 is 2.16 bits per heavy atom. The van der Waals surface area contributed by atoms with Crippen LogP contribution >= 0.6 is 33.1 Å². The van der Waals surface area contributed by atoms with Gasteiger partial charge in [0.1, 0.15) is 0 Å². The summed E-state index contributed by atoms with van der Waals surface area (Å²) in [5, 5.41) is 1.10. The molecule has 1 heterocycles. The third kappa shape index (κ3) is 3.06. The van der Waals surface area contributed by atoms with Gasteiger partial charge in [0, 0.05) is 6.54 Å². The van der Waals surface area contributed by atoms with E-state index in [1.807, 2.05) is 25.1 Å². The van der Waals surface area contributed by atoms with Crippen molar-refractivity contribution >= 4 is 50.2 Å². The molecule has 4 unspecified atom stereocenters. The van der Waals surface area contributed by atoms with E-state index in [2.05, 4.69) is 17.9 Å². The fraction of sp³-hybridized carbons (Fsp3) is 0.333. The zero-order valence-electron chi connectivity index (χ0n) is 10.7. The van der Waals surface area contributed by atoms with Gasteiger partial charge in [0.15, 0.2) is 0 Å². The van der Waals surface area contributed by atoms with Crippen LogP contribution in [0.3, 0.4) is 0 Å². The molecule has 0 spiro atoms. The van der Waals surface area contributed by atoms with E-state index in [4.69, 9.17) is 0 Å². The van der Waals surface area contributed by atoms with E-state index < -0.39 is 7.30 Å². The monoisotopic (exact) mass is 331 g/mol. The molecule has 1 aliphatic heterocycles. The molecule has 0 radical (unpaired) electrons. The molecular formula is C12H17NO2P4. The summed E-state index contributed by atoms with van der Waals surface area (Å²) in [6.07, 6.45) is 1.15. The second-order valence-corrected chi connectivity index (χ2v) is 13.5. The topological polar surface area (TPSA) is 37.4 Å². The summed E-state index contributed by atoms with van der Waals surface area (Å²) in [7, 11) is 5.88. The van der Waals surface area contributed by atoms with Gasteiger partial charge < -0.3 is 0 Å². The van der Waals surface area contributed by atoms with Crippen LogP contribution in [0.2, 0.25) is 0 Å². The van der Waals surface area contributed by atoms with Gasteiger partial charge in [-0.15, -0.1) is 17.9 Å². The molecule has 0 N–H and O–H groups in total. The van der Waals surface area contributed by atoms with Gasteiger partial charge in [-0.3, -0.25) is 14.5 Å². The number of benzene rings is 1. The van der Waals surface area contributed by atoms with Crippen LogP contribution in [-0.2, 0) is 11.2 Å². The molecular weight excluding hydrogens is 314 g/mol. The van der Waals surface area contributed by atoms with Crippen molar-refractivity contribution in [2.45, 2.75) is 19.8 Å². The number of carbonyl (C=O) groups excluding carboxylic acids is 2. The van der Waals surface area contributed by atoms with Crippen LogP contribution in [0.25, 0.3) is 0 Å². The van der Waals surface area contributed by atoms with E-state index in [0.29, 0.717) is 20.9 Å². The number of fused-ring (bicyclic) bond motifs is 1. The summed E-state index contributed by atoms with van der Waals surface area (Å²) >= 11 is 0. The molecule has 2 rings (SSSR count). The number of imide groups is 1. The average Bonchev–Trinajstić information content (AvgIpc) is 2.41. The zero-order valence-corrected chi connectivity index (χ0v) is 14.9. The predicted octanol–water partition coefficient (Wildman–Crippen LogP) is 2.90. The van der Waals surface area contributed by atoms with Gasteiger partial charge in [0.05, 0.1) is 12.0 Å². The normalized spacial score (nSPS) is 17.1. The van der Waals surface area contributed by atoms with Crippen molar-refractivity contribution in [2.75, 3.05) is 6.54 Å². The first-order valence-corrected chi connectivity index (χ1v) is 12.7. The maximum Gasteiger partial charge on any atom is 0.261 e.